The fraction of sp³-hybridized carbons (Fsp3) is 0.0909. The number of fused-ring (bicyclic) bond motifs is 15. The maximum atomic E-state index is 5.36. The molecule has 0 saturated carbocycles. The predicted octanol–water partition coefficient (Wildman–Crippen LogP) is 17.5. The van der Waals surface area contributed by atoms with Crippen molar-refractivity contribution in [1.29, 1.82) is 0 Å². The van der Waals surface area contributed by atoms with Crippen LogP contribution in [0.3, 0.4) is 0 Å². The molecule has 2 aliphatic rings. The summed E-state index contributed by atoms with van der Waals surface area (Å²) in [7, 11) is 0. The molecular weight excluding hydrogens is 821 g/mol. The largest absolute Gasteiger partial charge is 0.228 e. The van der Waals surface area contributed by atoms with Crippen LogP contribution in [-0.2, 0) is 10.8 Å². The van der Waals surface area contributed by atoms with Gasteiger partial charge in [-0.1, -0.05) is 198 Å². The first-order chi connectivity index (χ1) is 33.2. The lowest BCUT2D eigenvalue weighted by molar-refractivity contribution is 0.661. The summed E-state index contributed by atoms with van der Waals surface area (Å²) in [6.07, 6.45) is 0. The minimum absolute atomic E-state index is 0.156. The lowest BCUT2D eigenvalue weighted by Crippen LogP contribution is -2.16. The number of aromatic nitrogens is 2. The van der Waals surface area contributed by atoms with Crippen LogP contribution in [0.4, 0.5) is 0 Å². The van der Waals surface area contributed by atoms with Crippen LogP contribution in [0.5, 0.6) is 0 Å². The van der Waals surface area contributed by atoms with Gasteiger partial charge in [0.2, 0.25) is 0 Å². The molecule has 1 aromatic heterocycles. The second-order valence-corrected chi connectivity index (χ2v) is 20.1. The van der Waals surface area contributed by atoms with Crippen LogP contribution in [0.2, 0.25) is 0 Å². The van der Waals surface area contributed by atoms with Crippen molar-refractivity contribution in [3.8, 4) is 67.3 Å². The monoisotopic (exact) mass is 866 g/mol. The van der Waals surface area contributed by atoms with Crippen molar-refractivity contribution in [2.24, 2.45) is 0 Å². The van der Waals surface area contributed by atoms with E-state index in [4.69, 9.17) is 9.97 Å². The molecule has 0 bridgehead atoms. The molecule has 1 heterocycles. The summed E-state index contributed by atoms with van der Waals surface area (Å²) in [4.78, 5) is 10.7. The first-order valence-corrected chi connectivity index (χ1v) is 23.9. The van der Waals surface area contributed by atoms with Crippen molar-refractivity contribution >= 4 is 53.9 Å². The molecule has 0 unspecified atom stereocenters. The van der Waals surface area contributed by atoms with Gasteiger partial charge in [0.05, 0.1) is 11.4 Å². The molecule has 0 atom stereocenters. The molecule has 0 spiro atoms. The molecule has 0 N–H and O–H groups in total. The Morgan fingerprint density at radius 2 is 0.868 bits per heavy atom. The van der Waals surface area contributed by atoms with Crippen LogP contribution in [0.15, 0.2) is 206 Å². The van der Waals surface area contributed by atoms with E-state index in [0.29, 0.717) is 0 Å². The van der Waals surface area contributed by atoms with E-state index in [1.807, 2.05) is 6.07 Å². The molecule has 0 aliphatic heterocycles. The van der Waals surface area contributed by atoms with E-state index in [1.54, 1.807) is 0 Å². The van der Waals surface area contributed by atoms with E-state index in [-0.39, 0.29) is 10.8 Å². The molecule has 12 aromatic rings. The van der Waals surface area contributed by atoms with Crippen molar-refractivity contribution in [3.63, 3.8) is 0 Å². The lowest BCUT2D eigenvalue weighted by Gasteiger charge is -2.25. The van der Waals surface area contributed by atoms with Crippen LogP contribution in [-0.4, -0.2) is 9.97 Å². The molecule has 0 saturated heterocycles. The van der Waals surface area contributed by atoms with Crippen LogP contribution in [0, 0.1) is 0 Å². The van der Waals surface area contributed by atoms with E-state index in [0.717, 1.165) is 33.9 Å². The molecular formula is C66H46N2. The predicted molar refractivity (Wildman–Crippen MR) is 286 cm³/mol. The molecule has 0 fully saturated rings. The van der Waals surface area contributed by atoms with Gasteiger partial charge in [0.25, 0.3) is 0 Å². The van der Waals surface area contributed by atoms with Crippen molar-refractivity contribution in [1.82, 2.24) is 9.97 Å². The number of hydrogen-bond acceptors (Lipinski definition) is 2. The number of hydrogen-bond donors (Lipinski definition) is 0. The van der Waals surface area contributed by atoms with E-state index in [2.05, 4.69) is 228 Å². The minimum Gasteiger partial charge on any atom is -0.228 e. The normalized spacial score (nSPS) is 14.1. The van der Waals surface area contributed by atoms with Gasteiger partial charge in [0.15, 0.2) is 5.82 Å². The highest BCUT2D eigenvalue weighted by Crippen LogP contribution is 2.58. The third-order valence-corrected chi connectivity index (χ3v) is 15.6. The number of benzene rings is 11. The Bertz CT molecular complexity index is 4140. The van der Waals surface area contributed by atoms with E-state index in [1.165, 1.54) is 109 Å². The molecule has 2 nitrogen and oxygen atoms in total. The van der Waals surface area contributed by atoms with Crippen LogP contribution >= 0.6 is 0 Å². The molecule has 11 aromatic carbocycles. The van der Waals surface area contributed by atoms with Crippen molar-refractivity contribution < 1.29 is 0 Å². The standard InChI is InChI=1S/C66H46N2/c1-65(2)55-28-16-27-52(60(55)54-35-40-19-8-9-20-41(40)36-56(54)65)59-38-58(67-64(68-59)39-17-6-5-7-18-39)45-32-30-42-33-44(31-29-43(42)34-45)53-37-57-61(49-24-13-11-23-48(49)53)62-50-25-14-10-21-46(50)47-22-12-15-26-51(47)63(62)66(57,3)4/h5-38H,1-4H3. The van der Waals surface area contributed by atoms with E-state index < -0.39 is 0 Å². The summed E-state index contributed by atoms with van der Waals surface area (Å²) in [5, 5.41) is 12.8. The summed E-state index contributed by atoms with van der Waals surface area (Å²) in [5.74, 6) is 0.719. The third kappa shape index (κ3) is 5.52. The highest BCUT2D eigenvalue weighted by Gasteiger charge is 2.41. The summed E-state index contributed by atoms with van der Waals surface area (Å²) in [6.45, 7) is 9.56. The first kappa shape index (κ1) is 39.0. The summed E-state index contributed by atoms with van der Waals surface area (Å²) < 4.78 is 0. The second-order valence-electron chi connectivity index (χ2n) is 20.1. The zero-order chi connectivity index (χ0) is 45.5. The number of nitrogens with zero attached hydrogens (tertiary/aromatic N) is 2. The fourth-order valence-electron chi connectivity index (χ4n) is 12.3. The van der Waals surface area contributed by atoms with Crippen LogP contribution in [0.25, 0.3) is 121 Å². The van der Waals surface area contributed by atoms with Gasteiger partial charge < -0.3 is 0 Å². The van der Waals surface area contributed by atoms with Crippen LogP contribution < -0.4 is 0 Å². The lowest BCUT2D eigenvalue weighted by atomic mass is 9.78. The molecule has 2 heteroatoms. The molecule has 0 amide bonds. The van der Waals surface area contributed by atoms with Crippen molar-refractivity contribution in [2.75, 3.05) is 0 Å². The van der Waals surface area contributed by atoms with Gasteiger partial charge in [-0.15, -0.1) is 0 Å². The highest BCUT2D eigenvalue weighted by atomic mass is 14.9. The molecule has 68 heavy (non-hydrogen) atoms. The van der Waals surface area contributed by atoms with Gasteiger partial charge in [-0.05, 0) is 146 Å². The SMILES string of the molecule is CC1(C)c2cc3ccccc3cc2-c2c(-c3cc(-c4ccc5cc(-c6cc7c(c8ccccc68)-c6c(c8ccccc8c8ccccc68)C7(C)C)ccc5c4)nc(-c4ccccc4)n3)cccc21. The Morgan fingerprint density at radius 3 is 1.62 bits per heavy atom. The van der Waals surface area contributed by atoms with Gasteiger partial charge >= 0.3 is 0 Å². The van der Waals surface area contributed by atoms with Gasteiger partial charge in [-0.25, -0.2) is 9.97 Å². The number of rotatable bonds is 4. The summed E-state index contributed by atoms with van der Waals surface area (Å²) >= 11 is 0. The average Bonchev–Trinajstić information content (AvgIpc) is 3.77. The first-order valence-electron chi connectivity index (χ1n) is 23.9. The summed E-state index contributed by atoms with van der Waals surface area (Å²) in [5.41, 5.74) is 17.9. The van der Waals surface area contributed by atoms with Gasteiger partial charge in [-0.3, -0.25) is 0 Å². The van der Waals surface area contributed by atoms with Gasteiger partial charge in [-0.2, -0.15) is 0 Å². The smallest absolute Gasteiger partial charge is 0.160 e. The fourth-order valence-corrected chi connectivity index (χ4v) is 12.3. The maximum absolute atomic E-state index is 5.36. The Labute approximate surface area is 396 Å². The molecule has 14 rings (SSSR count). The third-order valence-electron chi connectivity index (χ3n) is 15.6. The van der Waals surface area contributed by atoms with E-state index >= 15 is 0 Å². The Morgan fingerprint density at radius 1 is 0.294 bits per heavy atom. The van der Waals surface area contributed by atoms with Crippen molar-refractivity contribution in [2.45, 2.75) is 38.5 Å². The molecule has 0 radical (unpaired) electrons. The van der Waals surface area contributed by atoms with Crippen molar-refractivity contribution in [3.05, 3.63) is 229 Å². The van der Waals surface area contributed by atoms with Crippen LogP contribution in [0.1, 0.15) is 49.9 Å². The Hall–Kier alpha value is -8.20. The summed E-state index contributed by atoms with van der Waals surface area (Å²) in [6, 6.07) is 76.2. The molecule has 2 aliphatic carbocycles. The quantitative estimate of drug-likeness (QED) is 0.165. The minimum atomic E-state index is -0.207. The van der Waals surface area contributed by atoms with Gasteiger partial charge in [0.1, 0.15) is 0 Å². The molecule has 320 valence electrons. The average molecular weight is 867 g/mol. The van der Waals surface area contributed by atoms with Gasteiger partial charge in [0, 0.05) is 27.5 Å². The highest BCUT2D eigenvalue weighted by molar-refractivity contribution is 6.22. The second kappa shape index (κ2) is 14.2. The zero-order valence-electron chi connectivity index (χ0n) is 38.5. The Balaban J connectivity index is 0.913. The zero-order valence-corrected chi connectivity index (χ0v) is 38.5. The van der Waals surface area contributed by atoms with E-state index in [9.17, 15) is 0 Å². The Kier molecular flexibility index (Phi) is 8.12. The topological polar surface area (TPSA) is 25.8 Å². The maximum Gasteiger partial charge on any atom is 0.160 e.